The van der Waals surface area contributed by atoms with Gasteiger partial charge in [0.15, 0.2) is 0 Å². The van der Waals surface area contributed by atoms with Crippen molar-refractivity contribution in [1.29, 1.82) is 0 Å². The maximum atomic E-state index is 11.2. The van der Waals surface area contributed by atoms with Crippen molar-refractivity contribution in [2.45, 2.75) is 12.6 Å². The maximum absolute atomic E-state index is 11.2. The van der Waals surface area contributed by atoms with Gasteiger partial charge in [0.2, 0.25) is 0 Å². The molecule has 2 aliphatic heterocycles. The molecule has 0 radical (unpaired) electrons. The van der Waals surface area contributed by atoms with Crippen LogP contribution in [-0.4, -0.2) is 54.6 Å². The third-order valence-corrected chi connectivity index (χ3v) is 2.88. The quantitative estimate of drug-likeness (QED) is 0.451. The average molecular weight is 201 g/mol. The molecule has 0 bridgehead atoms. The molecule has 1 unspecified atom stereocenters. The molecule has 14 heavy (non-hydrogen) atoms. The molecule has 2 saturated heterocycles. The van der Waals surface area contributed by atoms with E-state index in [4.69, 9.17) is 15.3 Å². The molecule has 6 heteroatoms. The minimum atomic E-state index is -0.513. The monoisotopic (exact) mass is 201 g/mol. The number of nitrogens with zero attached hydrogens (tertiary/aromatic N) is 2. The normalized spacial score (nSPS) is 34.7. The lowest BCUT2D eigenvalue weighted by molar-refractivity contribution is -0.0626. The Morgan fingerprint density at radius 3 is 2.57 bits per heavy atom. The van der Waals surface area contributed by atoms with E-state index in [0.29, 0.717) is 19.8 Å². The Kier molecular flexibility index (Phi) is 2.34. The molecule has 0 aromatic rings. The molecule has 2 N–H and O–H groups in total. The van der Waals surface area contributed by atoms with Gasteiger partial charge in [-0.15, -0.1) is 0 Å². The van der Waals surface area contributed by atoms with Crippen LogP contribution in [0.3, 0.4) is 0 Å². The van der Waals surface area contributed by atoms with Crippen LogP contribution >= 0.6 is 0 Å². The van der Waals surface area contributed by atoms with Crippen molar-refractivity contribution >= 4 is 6.09 Å². The summed E-state index contributed by atoms with van der Waals surface area (Å²) in [7, 11) is 0. The van der Waals surface area contributed by atoms with E-state index < -0.39 is 11.8 Å². The Hall–Kier alpha value is -0.850. The van der Waals surface area contributed by atoms with Crippen molar-refractivity contribution < 1.29 is 14.3 Å². The fourth-order valence-electron chi connectivity index (χ4n) is 1.82. The highest BCUT2D eigenvalue weighted by Gasteiger charge is 2.47. The lowest BCUT2D eigenvalue weighted by Crippen LogP contribution is -2.62. The third-order valence-electron chi connectivity index (χ3n) is 2.88. The number of ether oxygens (including phenoxy) is 2. The molecule has 80 valence electrons. The van der Waals surface area contributed by atoms with E-state index in [0.717, 1.165) is 13.1 Å². The summed E-state index contributed by atoms with van der Waals surface area (Å²) in [6, 6.07) is 0. The van der Waals surface area contributed by atoms with Gasteiger partial charge in [0.25, 0.3) is 0 Å². The standard InChI is InChI=1S/C8H15N3O3/c1-8(6-14-7(12)11(8)9)10-2-4-13-5-3-10/h2-6,9H2,1H3. The van der Waals surface area contributed by atoms with Gasteiger partial charge in [-0.2, -0.15) is 0 Å². The molecule has 2 heterocycles. The Balaban J connectivity index is 2.10. The van der Waals surface area contributed by atoms with Crippen molar-refractivity contribution in [2.75, 3.05) is 32.9 Å². The molecule has 2 fully saturated rings. The highest BCUT2D eigenvalue weighted by Crippen LogP contribution is 2.25. The van der Waals surface area contributed by atoms with Gasteiger partial charge in [0.05, 0.1) is 13.2 Å². The Morgan fingerprint density at radius 1 is 1.43 bits per heavy atom. The highest BCUT2D eigenvalue weighted by molar-refractivity contribution is 5.70. The fourth-order valence-corrected chi connectivity index (χ4v) is 1.82. The molecule has 1 amide bonds. The third kappa shape index (κ3) is 1.35. The second kappa shape index (κ2) is 3.38. The number of amides is 1. The first-order valence-corrected chi connectivity index (χ1v) is 4.69. The maximum Gasteiger partial charge on any atom is 0.426 e. The molecule has 0 saturated carbocycles. The number of rotatable bonds is 1. The minimum absolute atomic E-state index is 0.322. The van der Waals surface area contributed by atoms with E-state index >= 15 is 0 Å². The van der Waals surface area contributed by atoms with Crippen LogP contribution in [0, 0.1) is 0 Å². The van der Waals surface area contributed by atoms with Crippen molar-refractivity contribution in [1.82, 2.24) is 9.91 Å². The molecular weight excluding hydrogens is 186 g/mol. The van der Waals surface area contributed by atoms with E-state index in [2.05, 4.69) is 4.90 Å². The molecule has 1 atom stereocenters. The number of cyclic esters (lactones) is 1. The van der Waals surface area contributed by atoms with E-state index in [1.807, 2.05) is 6.92 Å². The summed E-state index contributed by atoms with van der Waals surface area (Å²) < 4.78 is 10.2. The lowest BCUT2D eigenvalue weighted by Gasteiger charge is -2.41. The van der Waals surface area contributed by atoms with Crippen LogP contribution in [0.1, 0.15) is 6.92 Å². The summed E-state index contributed by atoms with van der Waals surface area (Å²) in [5.41, 5.74) is -0.513. The van der Waals surface area contributed by atoms with Crippen molar-refractivity contribution in [3.05, 3.63) is 0 Å². The number of morpholine rings is 1. The van der Waals surface area contributed by atoms with Gasteiger partial charge in [-0.25, -0.2) is 15.6 Å². The van der Waals surface area contributed by atoms with Gasteiger partial charge in [-0.05, 0) is 6.92 Å². The summed E-state index contributed by atoms with van der Waals surface area (Å²) in [4.78, 5) is 13.3. The van der Waals surface area contributed by atoms with Gasteiger partial charge >= 0.3 is 6.09 Å². The molecule has 2 aliphatic rings. The van der Waals surface area contributed by atoms with Gasteiger partial charge in [0.1, 0.15) is 12.3 Å². The first kappa shape index (κ1) is 9.70. The Morgan fingerprint density at radius 2 is 2.07 bits per heavy atom. The molecule has 0 aliphatic carbocycles. The summed E-state index contributed by atoms with van der Waals surface area (Å²) in [6.07, 6.45) is -0.459. The number of carbonyl (C=O) groups excluding carboxylic acids is 1. The second-order valence-electron chi connectivity index (χ2n) is 3.74. The molecule has 0 spiro atoms. The van der Waals surface area contributed by atoms with E-state index in [-0.39, 0.29) is 0 Å². The number of carbonyl (C=O) groups is 1. The zero-order valence-electron chi connectivity index (χ0n) is 8.23. The van der Waals surface area contributed by atoms with Crippen LogP contribution in [0.15, 0.2) is 0 Å². The van der Waals surface area contributed by atoms with E-state index in [9.17, 15) is 4.79 Å². The van der Waals surface area contributed by atoms with Crippen molar-refractivity contribution in [3.8, 4) is 0 Å². The van der Waals surface area contributed by atoms with Crippen molar-refractivity contribution in [2.24, 2.45) is 5.84 Å². The first-order chi connectivity index (χ1) is 6.64. The molecule has 6 nitrogen and oxygen atoms in total. The number of hydrogen-bond donors (Lipinski definition) is 1. The SMILES string of the molecule is CC1(N2CCOCC2)COC(=O)N1N. The molecular formula is C8H15N3O3. The molecule has 0 aromatic carbocycles. The zero-order valence-corrected chi connectivity index (χ0v) is 8.23. The predicted molar refractivity (Wildman–Crippen MR) is 48.2 cm³/mol. The van der Waals surface area contributed by atoms with Gasteiger partial charge in [0, 0.05) is 13.1 Å². The fraction of sp³-hybridized carbons (Fsp3) is 0.875. The highest BCUT2D eigenvalue weighted by atomic mass is 16.6. The largest absolute Gasteiger partial charge is 0.444 e. The van der Waals surface area contributed by atoms with Crippen LogP contribution in [0.5, 0.6) is 0 Å². The van der Waals surface area contributed by atoms with E-state index in [1.165, 1.54) is 5.01 Å². The number of nitrogens with two attached hydrogens (primary N) is 1. The van der Waals surface area contributed by atoms with Crippen molar-refractivity contribution in [3.63, 3.8) is 0 Å². The second-order valence-corrected chi connectivity index (χ2v) is 3.74. The first-order valence-electron chi connectivity index (χ1n) is 4.69. The topological polar surface area (TPSA) is 68.0 Å². The van der Waals surface area contributed by atoms with Crippen LogP contribution < -0.4 is 5.84 Å². The number of hydrazine groups is 1. The summed E-state index contributed by atoms with van der Waals surface area (Å²) in [5.74, 6) is 5.66. The summed E-state index contributed by atoms with van der Waals surface area (Å²) >= 11 is 0. The van der Waals surface area contributed by atoms with Gasteiger partial charge < -0.3 is 9.47 Å². The minimum Gasteiger partial charge on any atom is -0.444 e. The molecule has 0 aromatic heterocycles. The average Bonchev–Trinajstić information content (AvgIpc) is 2.49. The van der Waals surface area contributed by atoms with Gasteiger partial charge in [-0.1, -0.05) is 0 Å². The smallest absolute Gasteiger partial charge is 0.426 e. The zero-order chi connectivity index (χ0) is 10.2. The molecule has 2 rings (SSSR count). The summed E-state index contributed by atoms with van der Waals surface area (Å²) in [5, 5.41) is 1.16. The summed E-state index contributed by atoms with van der Waals surface area (Å²) in [6.45, 7) is 5.14. The van der Waals surface area contributed by atoms with Crippen LogP contribution in [0.25, 0.3) is 0 Å². The lowest BCUT2D eigenvalue weighted by atomic mass is 10.1. The Bertz CT molecular complexity index is 242. The predicted octanol–water partition coefficient (Wildman–Crippen LogP) is -0.639. The Labute approximate surface area is 82.5 Å². The van der Waals surface area contributed by atoms with Crippen LogP contribution in [-0.2, 0) is 9.47 Å². The van der Waals surface area contributed by atoms with Crippen LogP contribution in [0.4, 0.5) is 4.79 Å². The van der Waals surface area contributed by atoms with E-state index in [1.54, 1.807) is 0 Å². The van der Waals surface area contributed by atoms with Gasteiger partial charge in [-0.3, -0.25) is 4.90 Å². The van der Waals surface area contributed by atoms with Crippen LogP contribution in [0.2, 0.25) is 0 Å². The number of hydrogen-bond acceptors (Lipinski definition) is 5.